The highest BCUT2D eigenvalue weighted by Gasteiger charge is 2.20. The first-order chi connectivity index (χ1) is 12.1. The van der Waals surface area contributed by atoms with Crippen LogP contribution in [0.4, 0.5) is 0 Å². The maximum absolute atomic E-state index is 12.5. The van der Waals surface area contributed by atoms with E-state index in [1.54, 1.807) is 17.7 Å². The maximum Gasteiger partial charge on any atom is 0.341 e. The third-order valence-electron chi connectivity index (χ3n) is 3.91. The Morgan fingerprint density at radius 1 is 1.04 bits per heavy atom. The van der Waals surface area contributed by atoms with Gasteiger partial charge in [-0.3, -0.25) is 4.79 Å². The van der Waals surface area contributed by atoms with Crippen LogP contribution in [-0.4, -0.2) is 15.6 Å². The molecule has 0 aliphatic heterocycles. The first kappa shape index (κ1) is 16.5. The van der Waals surface area contributed by atoms with Crippen molar-refractivity contribution in [2.75, 3.05) is 0 Å². The molecule has 0 bridgehead atoms. The van der Waals surface area contributed by atoms with Gasteiger partial charge >= 0.3 is 5.97 Å². The molecule has 0 fully saturated rings. The number of carboxylic acids is 1. The van der Waals surface area contributed by atoms with Crippen molar-refractivity contribution in [2.45, 2.75) is 13.5 Å². The molecular weight excluding hydrogens is 318 g/mol. The van der Waals surface area contributed by atoms with Gasteiger partial charge in [0.2, 0.25) is 5.43 Å². The molecule has 0 spiro atoms. The van der Waals surface area contributed by atoms with Crippen molar-refractivity contribution in [3.63, 3.8) is 0 Å². The van der Waals surface area contributed by atoms with Crippen LogP contribution in [0.2, 0.25) is 0 Å². The zero-order valence-electron chi connectivity index (χ0n) is 13.7. The molecular formula is C20H17NO4. The molecule has 1 heterocycles. The van der Waals surface area contributed by atoms with Gasteiger partial charge in [-0.1, -0.05) is 48.5 Å². The van der Waals surface area contributed by atoms with Crippen LogP contribution >= 0.6 is 0 Å². The molecule has 1 aromatic heterocycles. The number of pyridine rings is 1. The second-order valence-corrected chi connectivity index (χ2v) is 5.57. The van der Waals surface area contributed by atoms with Crippen molar-refractivity contribution in [1.29, 1.82) is 0 Å². The van der Waals surface area contributed by atoms with Crippen molar-refractivity contribution < 1.29 is 14.6 Å². The minimum Gasteiger partial charge on any atom is -0.483 e. The van der Waals surface area contributed by atoms with Crippen molar-refractivity contribution in [3.05, 3.63) is 93.9 Å². The maximum atomic E-state index is 12.5. The van der Waals surface area contributed by atoms with Crippen molar-refractivity contribution in [2.24, 2.45) is 0 Å². The minimum absolute atomic E-state index is 0.00991. The van der Waals surface area contributed by atoms with Gasteiger partial charge in [-0.15, -0.1) is 0 Å². The molecule has 0 saturated heterocycles. The standard InChI is InChI=1S/C20H17NO4/c1-14-18(20(23)24)19(22)17(25-13-15-8-4-2-5-9-15)12-21(14)16-10-6-3-7-11-16/h2-12H,13H2,1H3,(H,23,24). The molecule has 126 valence electrons. The number of nitrogens with zero attached hydrogens (tertiary/aromatic N) is 1. The van der Waals surface area contributed by atoms with E-state index in [0.29, 0.717) is 5.69 Å². The zero-order chi connectivity index (χ0) is 17.8. The lowest BCUT2D eigenvalue weighted by Crippen LogP contribution is -2.23. The molecule has 2 aromatic carbocycles. The molecule has 1 N–H and O–H groups in total. The third-order valence-corrected chi connectivity index (χ3v) is 3.91. The summed E-state index contributed by atoms with van der Waals surface area (Å²) in [5.41, 5.74) is 1.11. The van der Waals surface area contributed by atoms with Crippen LogP contribution < -0.4 is 10.2 Å². The summed E-state index contributed by atoms with van der Waals surface area (Å²) in [6.45, 7) is 1.80. The highest BCUT2D eigenvalue weighted by molar-refractivity contribution is 5.89. The van der Waals surface area contributed by atoms with Gasteiger partial charge < -0.3 is 14.4 Å². The highest BCUT2D eigenvalue weighted by atomic mass is 16.5. The molecule has 3 rings (SSSR count). The van der Waals surface area contributed by atoms with E-state index in [1.165, 1.54) is 0 Å². The summed E-state index contributed by atoms with van der Waals surface area (Å²) in [7, 11) is 0. The van der Waals surface area contributed by atoms with Gasteiger partial charge in [0.15, 0.2) is 5.75 Å². The number of para-hydroxylation sites is 1. The lowest BCUT2D eigenvalue weighted by atomic mass is 10.1. The molecule has 0 aliphatic rings. The SMILES string of the molecule is Cc1c(C(=O)O)c(=O)c(OCc2ccccc2)cn1-c1ccccc1. The Labute approximate surface area is 144 Å². The summed E-state index contributed by atoms with van der Waals surface area (Å²) >= 11 is 0. The highest BCUT2D eigenvalue weighted by Crippen LogP contribution is 2.18. The summed E-state index contributed by atoms with van der Waals surface area (Å²) in [6.07, 6.45) is 1.54. The zero-order valence-corrected chi connectivity index (χ0v) is 13.7. The van der Waals surface area contributed by atoms with E-state index in [-0.39, 0.29) is 17.9 Å². The monoisotopic (exact) mass is 335 g/mol. The number of ether oxygens (including phenoxy) is 1. The van der Waals surface area contributed by atoms with E-state index >= 15 is 0 Å². The van der Waals surface area contributed by atoms with Gasteiger partial charge in [0.25, 0.3) is 0 Å². The lowest BCUT2D eigenvalue weighted by molar-refractivity contribution is 0.0693. The fraction of sp³-hybridized carbons (Fsp3) is 0.100. The van der Waals surface area contributed by atoms with E-state index in [1.807, 2.05) is 60.7 Å². The molecule has 5 heteroatoms. The molecule has 0 saturated carbocycles. The molecule has 3 aromatic rings. The quantitative estimate of drug-likeness (QED) is 0.776. The third kappa shape index (κ3) is 3.45. The minimum atomic E-state index is -1.27. The summed E-state index contributed by atoms with van der Waals surface area (Å²) in [6, 6.07) is 18.6. The van der Waals surface area contributed by atoms with Crippen LogP contribution in [-0.2, 0) is 6.61 Å². The van der Waals surface area contributed by atoms with Crippen molar-refractivity contribution in [3.8, 4) is 11.4 Å². The Bertz CT molecular complexity index is 947. The number of hydrogen-bond acceptors (Lipinski definition) is 3. The van der Waals surface area contributed by atoms with Crippen LogP contribution in [0.15, 0.2) is 71.7 Å². The summed E-state index contributed by atoms with van der Waals surface area (Å²) < 4.78 is 7.29. The summed E-state index contributed by atoms with van der Waals surface area (Å²) in [5, 5.41) is 9.46. The smallest absolute Gasteiger partial charge is 0.341 e. The van der Waals surface area contributed by atoms with E-state index in [9.17, 15) is 14.7 Å². The number of carboxylic acid groups (broad SMARTS) is 1. The number of aromatic carboxylic acids is 1. The second-order valence-electron chi connectivity index (χ2n) is 5.57. The van der Waals surface area contributed by atoms with Crippen LogP contribution in [0.25, 0.3) is 5.69 Å². The van der Waals surface area contributed by atoms with Crippen molar-refractivity contribution >= 4 is 5.97 Å². The Hall–Kier alpha value is -3.34. The second kappa shape index (κ2) is 7.05. The Balaban J connectivity index is 2.07. The van der Waals surface area contributed by atoms with Gasteiger partial charge in [-0.2, -0.15) is 0 Å². The number of carbonyl (C=O) groups is 1. The van der Waals surface area contributed by atoms with Crippen molar-refractivity contribution in [1.82, 2.24) is 4.57 Å². The fourth-order valence-electron chi connectivity index (χ4n) is 2.63. The molecule has 0 amide bonds. The van der Waals surface area contributed by atoms with E-state index < -0.39 is 11.4 Å². The molecule has 0 unspecified atom stereocenters. The van der Waals surface area contributed by atoms with Gasteiger partial charge in [0.1, 0.15) is 12.2 Å². The number of hydrogen-bond donors (Lipinski definition) is 1. The Morgan fingerprint density at radius 2 is 1.64 bits per heavy atom. The topological polar surface area (TPSA) is 68.5 Å². The van der Waals surface area contributed by atoms with Gasteiger partial charge in [-0.05, 0) is 24.6 Å². The predicted octanol–water partition coefficient (Wildman–Crippen LogP) is 3.42. The molecule has 0 atom stereocenters. The summed E-state index contributed by atoms with van der Waals surface area (Å²) in [4.78, 5) is 24.1. The first-order valence-electron chi connectivity index (χ1n) is 7.79. The average Bonchev–Trinajstić information content (AvgIpc) is 2.62. The first-order valence-corrected chi connectivity index (χ1v) is 7.79. The van der Waals surface area contributed by atoms with Crippen LogP contribution in [0.1, 0.15) is 21.6 Å². The molecule has 0 radical (unpaired) electrons. The largest absolute Gasteiger partial charge is 0.483 e. The fourth-order valence-corrected chi connectivity index (χ4v) is 2.63. The normalized spacial score (nSPS) is 10.4. The Morgan fingerprint density at radius 3 is 2.24 bits per heavy atom. The molecule has 5 nitrogen and oxygen atoms in total. The number of aromatic nitrogens is 1. The molecule has 25 heavy (non-hydrogen) atoms. The average molecular weight is 335 g/mol. The predicted molar refractivity (Wildman–Crippen MR) is 94.5 cm³/mol. The van der Waals surface area contributed by atoms with E-state index in [0.717, 1.165) is 11.3 Å². The van der Waals surface area contributed by atoms with Crippen LogP contribution in [0, 0.1) is 6.92 Å². The van der Waals surface area contributed by atoms with Gasteiger partial charge in [-0.25, -0.2) is 4.79 Å². The summed E-state index contributed by atoms with van der Waals surface area (Å²) in [5.74, 6) is -1.26. The van der Waals surface area contributed by atoms with Gasteiger partial charge in [0.05, 0.1) is 6.20 Å². The van der Waals surface area contributed by atoms with Crippen LogP contribution in [0.3, 0.4) is 0 Å². The lowest BCUT2D eigenvalue weighted by Gasteiger charge is -2.15. The number of benzene rings is 2. The molecule has 0 aliphatic carbocycles. The van der Waals surface area contributed by atoms with Crippen LogP contribution in [0.5, 0.6) is 5.75 Å². The Kier molecular flexibility index (Phi) is 4.66. The van der Waals surface area contributed by atoms with E-state index in [2.05, 4.69) is 0 Å². The van der Waals surface area contributed by atoms with E-state index in [4.69, 9.17) is 4.74 Å². The van der Waals surface area contributed by atoms with Gasteiger partial charge in [0, 0.05) is 11.4 Å². The number of rotatable bonds is 5.